The third-order valence-corrected chi connectivity index (χ3v) is 3.74. The van der Waals surface area contributed by atoms with E-state index in [9.17, 15) is 9.18 Å². The van der Waals surface area contributed by atoms with Crippen molar-refractivity contribution in [1.82, 2.24) is 4.98 Å². The zero-order valence-corrected chi connectivity index (χ0v) is 11.3. The van der Waals surface area contributed by atoms with E-state index in [2.05, 4.69) is 10.3 Å². The van der Waals surface area contributed by atoms with Crippen LogP contribution in [0.4, 0.5) is 10.1 Å². The van der Waals surface area contributed by atoms with Gasteiger partial charge in [0.1, 0.15) is 10.8 Å². The van der Waals surface area contributed by atoms with Gasteiger partial charge in [0.2, 0.25) is 0 Å². The lowest BCUT2D eigenvalue weighted by Crippen LogP contribution is -2.11. The van der Waals surface area contributed by atoms with Crippen LogP contribution in [-0.2, 0) is 0 Å². The van der Waals surface area contributed by atoms with Crippen LogP contribution in [0.2, 0.25) is 0 Å². The second kappa shape index (κ2) is 5.36. The molecule has 1 heterocycles. The Balaban J connectivity index is 2.26. The molecule has 2 rings (SSSR count). The van der Waals surface area contributed by atoms with E-state index in [-0.39, 0.29) is 11.6 Å². The number of aromatic carboxylic acids is 1. The van der Waals surface area contributed by atoms with E-state index in [1.165, 1.54) is 23.5 Å². The molecule has 0 fully saturated rings. The molecule has 2 N–H and O–H groups in total. The Hall–Kier alpha value is -1.95. The number of carbonyl (C=O) groups is 1. The van der Waals surface area contributed by atoms with Gasteiger partial charge in [-0.05, 0) is 32.0 Å². The SMILES string of the molecule is Cc1csc(C(C)Nc2ccc(F)cc2C(=O)O)n1. The van der Waals surface area contributed by atoms with Crippen LogP contribution in [-0.4, -0.2) is 16.1 Å². The Morgan fingerprint density at radius 1 is 1.53 bits per heavy atom. The van der Waals surface area contributed by atoms with Crippen LogP contribution in [0.15, 0.2) is 23.6 Å². The molecular weight excluding hydrogens is 267 g/mol. The van der Waals surface area contributed by atoms with Crippen LogP contribution < -0.4 is 5.32 Å². The molecule has 0 bridgehead atoms. The van der Waals surface area contributed by atoms with Crippen molar-refractivity contribution in [2.24, 2.45) is 0 Å². The Bertz CT molecular complexity index is 612. The summed E-state index contributed by atoms with van der Waals surface area (Å²) in [5.74, 6) is -1.73. The van der Waals surface area contributed by atoms with Gasteiger partial charge in [0, 0.05) is 16.8 Å². The zero-order chi connectivity index (χ0) is 14.0. The summed E-state index contributed by atoms with van der Waals surface area (Å²) in [6, 6.07) is 3.52. The first-order valence-electron chi connectivity index (χ1n) is 5.69. The number of carboxylic acids is 1. The number of benzene rings is 1. The highest BCUT2D eigenvalue weighted by Crippen LogP contribution is 2.25. The molecule has 6 heteroatoms. The van der Waals surface area contributed by atoms with Gasteiger partial charge in [-0.1, -0.05) is 0 Å². The number of rotatable bonds is 4. The van der Waals surface area contributed by atoms with Crippen LogP contribution >= 0.6 is 11.3 Å². The Morgan fingerprint density at radius 2 is 2.26 bits per heavy atom. The number of nitrogens with one attached hydrogen (secondary N) is 1. The van der Waals surface area contributed by atoms with Crippen molar-refractivity contribution in [2.75, 3.05) is 5.32 Å². The third-order valence-electron chi connectivity index (χ3n) is 2.59. The average Bonchev–Trinajstić information content (AvgIpc) is 2.78. The summed E-state index contributed by atoms with van der Waals surface area (Å²) in [5, 5.41) is 14.9. The molecule has 1 unspecified atom stereocenters. The summed E-state index contributed by atoms with van der Waals surface area (Å²) in [6.07, 6.45) is 0. The maximum Gasteiger partial charge on any atom is 0.337 e. The van der Waals surface area contributed by atoms with E-state index in [1.54, 1.807) is 0 Å². The number of aryl methyl sites for hydroxylation is 1. The number of thiazole rings is 1. The fraction of sp³-hybridized carbons (Fsp3) is 0.231. The van der Waals surface area contributed by atoms with Gasteiger partial charge in [-0.25, -0.2) is 14.2 Å². The molecule has 0 amide bonds. The molecule has 4 nitrogen and oxygen atoms in total. The standard InChI is InChI=1S/C13H13FN2O2S/c1-7-6-19-12(15-7)8(2)16-11-4-3-9(14)5-10(11)13(17)18/h3-6,8,16H,1-2H3,(H,17,18). The third kappa shape index (κ3) is 3.08. The summed E-state index contributed by atoms with van der Waals surface area (Å²) in [7, 11) is 0. The van der Waals surface area contributed by atoms with Gasteiger partial charge in [-0.3, -0.25) is 0 Å². The molecule has 0 aliphatic heterocycles. The molecule has 1 atom stereocenters. The van der Waals surface area contributed by atoms with E-state index in [1.807, 2.05) is 19.2 Å². The topological polar surface area (TPSA) is 62.2 Å². The van der Waals surface area contributed by atoms with Gasteiger partial charge < -0.3 is 10.4 Å². The number of halogens is 1. The molecule has 100 valence electrons. The average molecular weight is 280 g/mol. The molecule has 0 aliphatic rings. The number of nitrogens with zero attached hydrogens (tertiary/aromatic N) is 1. The lowest BCUT2D eigenvalue weighted by molar-refractivity contribution is 0.0697. The Labute approximate surface area is 113 Å². The van der Waals surface area contributed by atoms with Crippen molar-refractivity contribution in [1.29, 1.82) is 0 Å². The van der Waals surface area contributed by atoms with E-state index >= 15 is 0 Å². The largest absolute Gasteiger partial charge is 0.478 e. The van der Waals surface area contributed by atoms with Crippen molar-refractivity contribution in [3.8, 4) is 0 Å². The predicted molar refractivity (Wildman–Crippen MR) is 72.2 cm³/mol. The molecule has 0 spiro atoms. The van der Waals surface area contributed by atoms with Gasteiger partial charge in [0.25, 0.3) is 0 Å². The number of aromatic nitrogens is 1. The van der Waals surface area contributed by atoms with Crippen LogP contribution in [0.3, 0.4) is 0 Å². The molecular formula is C13H13FN2O2S. The fourth-order valence-electron chi connectivity index (χ4n) is 1.69. The summed E-state index contributed by atoms with van der Waals surface area (Å²) in [4.78, 5) is 15.4. The molecule has 2 aromatic rings. The van der Waals surface area contributed by atoms with Crippen molar-refractivity contribution in [3.63, 3.8) is 0 Å². The van der Waals surface area contributed by atoms with Crippen molar-refractivity contribution in [3.05, 3.63) is 45.7 Å². The van der Waals surface area contributed by atoms with E-state index in [4.69, 9.17) is 5.11 Å². The highest BCUT2D eigenvalue weighted by atomic mass is 32.1. The van der Waals surface area contributed by atoms with Gasteiger partial charge >= 0.3 is 5.97 Å². The molecule has 19 heavy (non-hydrogen) atoms. The first-order chi connectivity index (χ1) is 8.97. The summed E-state index contributed by atoms with van der Waals surface area (Å²) < 4.78 is 13.1. The normalized spacial score (nSPS) is 12.2. The van der Waals surface area contributed by atoms with Gasteiger partial charge in [0.05, 0.1) is 11.6 Å². The zero-order valence-electron chi connectivity index (χ0n) is 10.5. The monoisotopic (exact) mass is 280 g/mol. The number of anilines is 1. The minimum absolute atomic E-state index is 0.0832. The van der Waals surface area contributed by atoms with Crippen molar-refractivity contribution >= 4 is 23.0 Å². The summed E-state index contributed by atoms with van der Waals surface area (Å²) in [5.41, 5.74) is 1.22. The minimum atomic E-state index is -1.16. The highest BCUT2D eigenvalue weighted by molar-refractivity contribution is 7.09. The maximum atomic E-state index is 13.1. The summed E-state index contributed by atoms with van der Waals surface area (Å²) in [6.45, 7) is 3.78. The van der Waals surface area contributed by atoms with E-state index in [0.29, 0.717) is 5.69 Å². The van der Waals surface area contributed by atoms with Crippen LogP contribution in [0.1, 0.15) is 34.0 Å². The Morgan fingerprint density at radius 3 is 2.84 bits per heavy atom. The molecule has 0 radical (unpaired) electrons. The molecule has 0 aliphatic carbocycles. The summed E-state index contributed by atoms with van der Waals surface area (Å²) >= 11 is 1.50. The van der Waals surface area contributed by atoms with Crippen molar-refractivity contribution < 1.29 is 14.3 Å². The molecule has 1 aromatic heterocycles. The van der Waals surface area contributed by atoms with Crippen LogP contribution in [0.5, 0.6) is 0 Å². The van der Waals surface area contributed by atoms with E-state index in [0.717, 1.165) is 16.8 Å². The fourth-order valence-corrected chi connectivity index (χ4v) is 2.49. The second-order valence-electron chi connectivity index (χ2n) is 4.19. The number of hydrogen-bond donors (Lipinski definition) is 2. The lowest BCUT2D eigenvalue weighted by Gasteiger charge is -2.14. The minimum Gasteiger partial charge on any atom is -0.478 e. The second-order valence-corrected chi connectivity index (χ2v) is 5.08. The van der Waals surface area contributed by atoms with Gasteiger partial charge in [0.15, 0.2) is 0 Å². The van der Waals surface area contributed by atoms with Gasteiger partial charge in [-0.15, -0.1) is 11.3 Å². The number of carboxylic acid groups (broad SMARTS) is 1. The molecule has 0 saturated carbocycles. The van der Waals surface area contributed by atoms with Crippen molar-refractivity contribution in [2.45, 2.75) is 19.9 Å². The van der Waals surface area contributed by atoms with Crippen LogP contribution in [0, 0.1) is 12.7 Å². The Kier molecular flexibility index (Phi) is 3.80. The maximum absolute atomic E-state index is 13.1. The lowest BCUT2D eigenvalue weighted by atomic mass is 10.1. The quantitative estimate of drug-likeness (QED) is 0.900. The van der Waals surface area contributed by atoms with Crippen LogP contribution in [0.25, 0.3) is 0 Å². The highest BCUT2D eigenvalue weighted by Gasteiger charge is 2.15. The molecule has 0 saturated heterocycles. The smallest absolute Gasteiger partial charge is 0.337 e. The van der Waals surface area contributed by atoms with Gasteiger partial charge in [-0.2, -0.15) is 0 Å². The predicted octanol–water partition coefficient (Wildman–Crippen LogP) is 3.46. The number of hydrogen-bond acceptors (Lipinski definition) is 4. The first-order valence-corrected chi connectivity index (χ1v) is 6.56. The first kappa shape index (κ1) is 13.5. The molecule has 1 aromatic carbocycles. The van der Waals surface area contributed by atoms with E-state index < -0.39 is 11.8 Å².